The Morgan fingerprint density at radius 2 is 1.61 bits per heavy atom. The molecule has 0 aliphatic heterocycles. The quantitative estimate of drug-likeness (QED) is 0.223. The van der Waals surface area contributed by atoms with E-state index in [0.717, 1.165) is 39.3 Å². The van der Waals surface area contributed by atoms with Gasteiger partial charge in [0.2, 0.25) is 0 Å². The van der Waals surface area contributed by atoms with E-state index in [9.17, 15) is 0 Å². The normalized spacial score (nSPS) is 10.9. The number of nitrogens with zero attached hydrogens (tertiary/aromatic N) is 5. The van der Waals surface area contributed by atoms with Gasteiger partial charge >= 0.3 is 0 Å². The van der Waals surface area contributed by atoms with Gasteiger partial charge in [0.15, 0.2) is 5.65 Å². The number of aromatic nitrogens is 3. The Balaban J connectivity index is 0.000000325. The van der Waals surface area contributed by atoms with E-state index in [-0.39, 0.29) is 0 Å². The Labute approximate surface area is 211 Å². The number of benzene rings is 3. The van der Waals surface area contributed by atoms with E-state index >= 15 is 0 Å². The van der Waals surface area contributed by atoms with E-state index in [1.54, 1.807) is 6.20 Å². The third-order valence-corrected chi connectivity index (χ3v) is 5.62. The molecule has 0 saturated heterocycles. The van der Waals surface area contributed by atoms with E-state index < -0.39 is 0 Å². The molecule has 2 heterocycles. The van der Waals surface area contributed by atoms with Crippen molar-refractivity contribution in [3.63, 3.8) is 0 Å². The minimum atomic E-state index is 0.734. The van der Waals surface area contributed by atoms with Crippen LogP contribution in [-0.4, -0.2) is 27.0 Å². The summed E-state index contributed by atoms with van der Waals surface area (Å²) in [5.74, 6) is 0. The Morgan fingerprint density at radius 3 is 2.25 bits per heavy atom. The van der Waals surface area contributed by atoms with Crippen molar-refractivity contribution in [1.29, 1.82) is 0 Å². The highest BCUT2D eigenvalue weighted by Gasteiger charge is 2.17. The maximum atomic E-state index is 4.70. The van der Waals surface area contributed by atoms with Gasteiger partial charge in [-0.15, -0.1) is 0 Å². The van der Waals surface area contributed by atoms with Crippen molar-refractivity contribution in [2.24, 2.45) is 10.2 Å². The van der Waals surface area contributed by atoms with Crippen LogP contribution in [0.4, 0.5) is 0 Å². The van der Waals surface area contributed by atoms with E-state index in [0.29, 0.717) is 0 Å². The molecule has 6 heteroatoms. The molecule has 0 amide bonds. The van der Waals surface area contributed by atoms with Crippen LogP contribution in [0.2, 0.25) is 0 Å². The number of nitrogens with one attached hydrogen (secondary N) is 1. The van der Waals surface area contributed by atoms with E-state index in [1.807, 2.05) is 72.2 Å². The van der Waals surface area contributed by atoms with Gasteiger partial charge in [0.05, 0.1) is 23.2 Å². The van der Waals surface area contributed by atoms with Crippen molar-refractivity contribution in [3.05, 3.63) is 121 Å². The molecule has 0 bridgehead atoms. The Bertz CT molecular complexity index is 1500. The number of hydrogen-bond acceptors (Lipinski definition) is 5. The molecule has 0 saturated carbocycles. The molecular weight excluding hydrogens is 444 g/mol. The summed E-state index contributed by atoms with van der Waals surface area (Å²) in [5.41, 5.74) is 11.4. The first kappa shape index (κ1) is 24.3. The maximum absolute atomic E-state index is 4.70. The van der Waals surface area contributed by atoms with E-state index in [2.05, 4.69) is 77.5 Å². The number of rotatable bonds is 6. The van der Waals surface area contributed by atoms with Crippen LogP contribution in [0.1, 0.15) is 23.6 Å². The highest BCUT2D eigenvalue weighted by molar-refractivity contribution is 6.04. The zero-order valence-electron chi connectivity index (χ0n) is 20.5. The summed E-state index contributed by atoms with van der Waals surface area (Å²) in [7, 11) is 0. The number of fused-ring (bicyclic) bond motifs is 1. The van der Waals surface area contributed by atoms with Gasteiger partial charge in [-0.3, -0.25) is 0 Å². The van der Waals surface area contributed by atoms with Gasteiger partial charge in [0, 0.05) is 24.0 Å². The fourth-order valence-corrected chi connectivity index (χ4v) is 3.84. The Kier molecular flexibility index (Phi) is 7.78. The van der Waals surface area contributed by atoms with Crippen LogP contribution in [0.25, 0.3) is 34.1 Å². The first-order valence-corrected chi connectivity index (χ1v) is 11.5. The fourth-order valence-electron chi connectivity index (χ4n) is 3.84. The maximum Gasteiger partial charge on any atom is 0.164 e. The zero-order valence-corrected chi connectivity index (χ0v) is 20.5. The van der Waals surface area contributed by atoms with Crippen LogP contribution in [-0.2, 0) is 0 Å². The molecular formula is C30H28N6. The molecule has 1 N–H and O–H groups in total. The van der Waals surface area contributed by atoms with Crippen molar-refractivity contribution in [1.82, 2.24) is 20.1 Å². The number of hydrogen-bond donors (Lipinski definition) is 1. The van der Waals surface area contributed by atoms with Crippen molar-refractivity contribution < 1.29 is 0 Å². The lowest BCUT2D eigenvalue weighted by atomic mass is 9.99. The second-order valence-corrected chi connectivity index (χ2v) is 8.12. The minimum absolute atomic E-state index is 0.734. The third kappa shape index (κ3) is 5.45. The lowest BCUT2D eigenvalue weighted by Gasteiger charge is -2.13. The highest BCUT2D eigenvalue weighted by atomic mass is 15.5. The molecule has 0 aliphatic rings. The summed E-state index contributed by atoms with van der Waals surface area (Å²) < 4.78 is 1.88. The van der Waals surface area contributed by atoms with Gasteiger partial charge in [-0.1, -0.05) is 97.1 Å². The fraction of sp³-hybridized carbons (Fsp3) is 0.0667. The summed E-state index contributed by atoms with van der Waals surface area (Å²) >= 11 is 0. The van der Waals surface area contributed by atoms with Crippen LogP contribution in [0.15, 0.2) is 114 Å². The standard InChI is InChI=1S/C22H20N6.C8H8/c1-15-8-7-11-18(12-15)21-20(17-9-5-4-6-10-17)13-24-22-19(14-25-28(21)22)16(2)26-27-23-3;1-2-8-6-4-3-5-7-8/h4-14,27H,3H2,1-2H3;2-7H,1H2/b26-16+;. The molecule has 5 rings (SSSR count). The van der Waals surface area contributed by atoms with Crippen LogP contribution in [0, 0.1) is 6.92 Å². The van der Waals surface area contributed by atoms with Crippen molar-refractivity contribution >= 4 is 24.2 Å². The van der Waals surface area contributed by atoms with Gasteiger partial charge in [-0.05, 0) is 31.0 Å². The molecule has 36 heavy (non-hydrogen) atoms. The average molecular weight is 473 g/mol. The first-order valence-electron chi connectivity index (χ1n) is 11.5. The van der Waals surface area contributed by atoms with Crippen LogP contribution < -0.4 is 5.53 Å². The molecule has 5 aromatic rings. The third-order valence-electron chi connectivity index (χ3n) is 5.62. The van der Waals surface area contributed by atoms with E-state index in [1.165, 1.54) is 11.1 Å². The van der Waals surface area contributed by atoms with Gasteiger partial charge in [0.25, 0.3) is 0 Å². The minimum Gasteiger partial charge on any atom is -0.236 e. The molecule has 0 spiro atoms. The lowest BCUT2D eigenvalue weighted by Crippen LogP contribution is -2.04. The SMILES string of the molecule is C=Cc1ccccc1.C=NN/N=C(\C)c1cnn2c(-c3cccc(C)c3)c(-c3ccccc3)cnc12. The molecule has 0 atom stereocenters. The molecule has 6 nitrogen and oxygen atoms in total. The Morgan fingerprint density at radius 1 is 0.917 bits per heavy atom. The summed E-state index contributed by atoms with van der Waals surface area (Å²) in [4.78, 5) is 4.70. The summed E-state index contributed by atoms with van der Waals surface area (Å²) in [6.07, 6.45) is 5.51. The first-order chi connectivity index (χ1) is 17.6. The second-order valence-electron chi connectivity index (χ2n) is 8.12. The van der Waals surface area contributed by atoms with Gasteiger partial charge < -0.3 is 0 Å². The Hall–Kier alpha value is -4.84. The molecule has 0 fully saturated rings. The van der Waals surface area contributed by atoms with Gasteiger partial charge in [-0.25, -0.2) is 9.50 Å². The van der Waals surface area contributed by atoms with Gasteiger partial charge in [0.1, 0.15) is 0 Å². The average Bonchev–Trinajstić information content (AvgIpc) is 3.37. The van der Waals surface area contributed by atoms with E-state index in [4.69, 9.17) is 4.98 Å². The molecule has 2 aromatic heterocycles. The predicted molar refractivity (Wildman–Crippen MR) is 150 cm³/mol. The lowest BCUT2D eigenvalue weighted by molar-refractivity contribution is 0.816. The summed E-state index contributed by atoms with van der Waals surface area (Å²) in [6.45, 7) is 11.0. The van der Waals surface area contributed by atoms with Crippen LogP contribution in [0.5, 0.6) is 0 Å². The molecule has 0 radical (unpaired) electrons. The van der Waals surface area contributed by atoms with Crippen LogP contribution >= 0.6 is 0 Å². The molecule has 3 aromatic carbocycles. The van der Waals surface area contributed by atoms with Crippen molar-refractivity contribution in [3.8, 4) is 22.4 Å². The second kappa shape index (κ2) is 11.5. The van der Waals surface area contributed by atoms with Crippen LogP contribution in [0.3, 0.4) is 0 Å². The number of aryl methyl sites for hydroxylation is 1. The zero-order chi connectivity index (χ0) is 25.3. The molecule has 178 valence electrons. The highest BCUT2D eigenvalue weighted by Crippen LogP contribution is 2.33. The topological polar surface area (TPSA) is 66.9 Å². The monoisotopic (exact) mass is 472 g/mol. The van der Waals surface area contributed by atoms with Crippen molar-refractivity contribution in [2.45, 2.75) is 13.8 Å². The smallest absolute Gasteiger partial charge is 0.164 e. The number of hydrazone groups is 2. The van der Waals surface area contributed by atoms with Gasteiger partial charge in [-0.2, -0.15) is 20.8 Å². The predicted octanol–water partition coefficient (Wildman–Crippen LogP) is 6.63. The van der Waals surface area contributed by atoms with Crippen molar-refractivity contribution in [2.75, 3.05) is 0 Å². The summed E-state index contributed by atoms with van der Waals surface area (Å²) in [5, 5.41) is 12.4. The molecule has 0 unspecified atom stereocenters. The summed E-state index contributed by atoms with van der Waals surface area (Å²) in [6, 6.07) is 28.7. The largest absolute Gasteiger partial charge is 0.236 e. The molecule has 0 aliphatic carbocycles.